The number of piperazine rings is 1. The molecule has 1 unspecified atom stereocenters. The molecule has 0 aliphatic carbocycles. The first kappa shape index (κ1) is 26.5. The molecule has 184 valence electrons. The van der Waals surface area contributed by atoms with Gasteiger partial charge in [-0.05, 0) is 18.1 Å². The molecule has 1 fully saturated rings. The average molecular weight is 484 g/mol. The predicted octanol–water partition coefficient (Wildman–Crippen LogP) is 1.43. The fourth-order valence-corrected chi connectivity index (χ4v) is 5.37. The van der Waals surface area contributed by atoms with Crippen molar-refractivity contribution >= 4 is 33.2 Å². The minimum atomic E-state index is -3.83. The molecule has 33 heavy (non-hydrogen) atoms. The largest absolute Gasteiger partial charge is 0.362 e. The van der Waals surface area contributed by atoms with Gasteiger partial charge in [-0.15, -0.1) is 0 Å². The molecule has 1 N–H and O–H groups in total. The number of nitrogens with one attached hydrogen (secondary N) is 1. The summed E-state index contributed by atoms with van der Waals surface area (Å²) in [6.45, 7) is 10.4. The molecular weight excluding hydrogens is 450 g/mol. The Morgan fingerprint density at radius 2 is 1.73 bits per heavy atom. The number of nitro groups is 1. The zero-order valence-corrected chi connectivity index (χ0v) is 20.6. The van der Waals surface area contributed by atoms with E-state index in [2.05, 4.69) is 5.32 Å². The van der Waals surface area contributed by atoms with Gasteiger partial charge < -0.3 is 15.1 Å². The lowest BCUT2D eigenvalue weighted by Crippen LogP contribution is -2.56. The van der Waals surface area contributed by atoms with Crippen LogP contribution in [-0.2, 0) is 19.6 Å². The van der Waals surface area contributed by atoms with Gasteiger partial charge in [0.05, 0.1) is 9.82 Å². The van der Waals surface area contributed by atoms with E-state index in [1.807, 2.05) is 13.8 Å². The lowest BCUT2D eigenvalue weighted by molar-refractivity contribution is -0.384. The van der Waals surface area contributed by atoms with Crippen molar-refractivity contribution in [1.82, 2.24) is 14.5 Å². The highest BCUT2D eigenvalue weighted by Gasteiger charge is 2.32. The first-order chi connectivity index (χ1) is 15.4. The fraction of sp³-hybridized carbons (Fsp3) is 0.619. The summed E-state index contributed by atoms with van der Waals surface area (Å²) in [6, 6.07) is 3.32. The van der Waals surface area contributed by atoms with Gasteiger partial charge in [0, 0.05) is 52.3 Å². The van der Waals surface area contributed by atoms with E-state index in [1.54, 1.807) is 23.6 Å². The molecule has 0 radical (unpaired) electrons. The van der Waals surface area contributed by atoms with Crippen LogP contribution >= 0.6 is 0 Å². The van der Waals surface area contributed by atoms with Crippen molar-refractivity contribution < 1.29 is 22.9 Å². The SMILES string of the molecule is CCN(CC)S(=O)(=O)c1ccc(N2CCN(C(=O)C(NC(C)=O)C(C)C)CC2)c([N+](=O)[O-])c1. The van der Waals surface area contributed by atoms with Crippen molar-refractivity contribution in [3.8, 4) is 0 Å². The van der Waals surface area contributed by atoms with Crippen LogP contribution in [-0.4, -0.2) is 79.7 Å². The van der Waals surface area contributed by atoms with Gasteiger partial charge in [0.25, 0.3) is 5.69 Å². The van der Waals surface area contributed by atoms with Crippen LogP contribution < -0.4 is 10.2 Å². The molecule has 0 spiro atoms. The van der Waals surface area contributed by atoms with Crippen molar-refractivity contribution in [2.24, 2.45) is 5.92 Å². The van der Waals surface area contributed by atoms with Gasteiger partial charge in [0.2, 0.25) is 21.8 Å². The molecule has 1 heterocycles. The molecule has 1 aromatic carbocycles. The quantitative estimate of drug-likeness (QED) is 0.415. The van der Waals surface area contributed by atoms with Crippen molar-refractivity contribution in [3.63, 3.8) is 0 Å². The van der Waals surface area contributed by atoms with E-state index >= 15 is 0 Å². The van der Waals surface area contributed by atoms with Crippen molar-refractivity contribution in [3.05, 3.63) is 28.3 Å². The third-order valence-electron chi connectivity index (χ3n) is 5.71. The standard InChI is InChI=1S/C21H33N5O6S/c1-6-25(7-2)33(31,32)17-8-9-18(19(14-17)26(29)30)23-10-12-24(13-11-23)21(28)20(15(3)4)22-16(5)27/h8-9,14-15,20H,6-7,10-13H2,1-5H3,(H,22,27). The number of nitrogens with zero attached hydrogens (tertiary/aromatic N) is 4. The number of carbonyl (C=O) groups excluding carboxylic acids is 2. The van der Waals surface area contributed by atoms with Crippen molar-refractivity contribution in [2.75, 3.05) is 44.2 Å². The number of rotatable bonds is 9. The number of carbonyl (C=O) groups is 2. The maximum Gasteiger partial charge on any atom is 0.293 e. The van der Waals surface area contributed by atoms with Gasteiger partial charge in [0.15, 0.2) is 0 Å². The molecule has 1 saturated heterocycles. The summed E-state index contributed by atoms with van der Waals surface area (Å²) in [5.74, 6) is -0.549. The van der Waals surface area contributed by atoms with Crippen LogP contribution in [0.3, 0.4) is 0 Å². The van der Waals surface area contributed by atoms with E-state index in [1.165, 1.54) is 23.4 Å². The topological polar surface area (TPSA) is 133 Å². The van der Waals surface area contributed by atoms with Gasteiger partial charge in [-0.25, -0.2) is 8.42 Å². The summed E-state index contributed by atoms with van der Waals surface area (Å²) in [7, 11) is -3.83. The molecular formula is C21H33N5O6S. The highest BCUT2D eigenvalue weighted by Crippen LogP contribution is 2.32. The number of sulfonamides is 1. The normalized spacial score (nSPS) is 15.6. The summed E-state index contributed by atoms with van der Waals surface area (Å²) >= 11 is 0. The Morgan fingerprint density at radius 3 is 2.18 bits per heavy atom. The molecule has 11 nitrogen and oxygen atoms in total. The van der Waals surface area contributed by atoms with Gasteiger partial charge in [-0.3, -0.25) is 19.7 Å². The zero-order valence-electron chi connectivity index (χ0n) is 19.8. The Kier molecular flexibility index (Phi) is 8.78. The van der Waals surface area contributed by atoms with Crippen LogP contribution in [0, 0.1) is 16.0 Å². The molecule has 1 atom stereocenters. The maximum atomic E-state index is 12.9. The van der Waals surface area contributed by atoms with Crippen LogP contribution in [0.4, 0.5) is 11.4 Å². The number of anilines is 1. The van der Waals surface area contributed by atoms with Crippen LogP contribution in [0.25, 0.3) is 0 Å². The summed E-state index contributed by atoms with van der Waals surface area (Å²) in [4.78, 5) is 38.8. The summed E-state index contributed by atoms with van der Waals surface area (Å²) in [6.07, 6.45) is 0. The number of nitro benzene ring substituents is 1. The third kappa shape index (κ3) is 5.99. The van der Waals surface area contributed by atoms with E-state index in [0.717, 1.165) is 6.07 Å². The average Bonchev–Trinajstić information content (AvgIpc) is 2.77. The monoisotopic (exact) mass is 483 g/mol. The Morgan fingerprint density at radius 1 is 1.15 bits per heavy atom. The number of hydrogen-bond acceptors (Lipinski definition) is 7. The predicted molar refractivity (Wildman–Crippen MR) is 124 cm³/mol. The molecule has 2 rings (SSSR count). The first-order valence-electron chi connectivity index (χ1n) is 11.0. The molecule has 1 aliphatic rings. The Bertz CT molecular complexity index is 985. The fourth-order valence-electron chi connectivity index (χ4n) is 3.89. The van der Waals surface area contributed by atoms with Crippen LogP contribution in [0.2, 0.25) is 0 Å². The number of benzene rings is 1. The number of hydrogen-bond donors (Lipinski definition) is 1. The Hall–Kier alpha value is -2.73. The molecule has 0 bridgehead atoms. The van der Waals surface area contributed by atoms with Crippen LogP contribution in [0.5, 0.6) is 0 Å². The van der Waals surface area contributed by atoms with E-state index in [4.69, 9.17) is 0 Å². The van der Waals surface area contributed by atoms with Crippen LogP contribution in [0.1, 0.15) is 34.6 Å². The summed E-state index contributed by atoms with van der Waals surface area (Å²) in [5.41, 5.74) is 0.0224. The highest BCUT2D eigenvalue weighted by atomic mass is 32.2. The van der Waals surface area contributed by atoms with E-state index < -0.39 is 21.0 Å². The van der Waals surface area contributed by atoms with E-state index in [0.29, 0.717) is 31.9 Å². The Balaban J connectivity index is 2.23. The molecule has 1 aromatic rings. The minimum Gasteiger partial charge on any atom is -0.362 e. The van der Waals surface area contributed by atoms with Crippen molar-refractivity contribution in [1.29, 1.82) is 0 Å². The van der Waals surface area contributed by atoms with Gasteiger partial charge in [-0.2, -0.15) is 4.31 Å². The first-order valence-corrected chi connectivity index (χ1v) is 12.5. The summed E-state index contributed by atoms with van der Waals surface area (Å²) in [5, 5.41) is 14.4. The molecule has 1 aliphatic heterocycles. The smallest absolute Gasteiger partial charge is 0.293 e. The lowest BCUT2D eigenvalue weighted by Gasteiger charge is -2.38. The van der Waals surface area contributed by atoms with Gasteiger partial charge in [-0.1, -0.05) is 27.7 Å². The second kappa shape index (κ2) is 10.9. The van der Waals surface area contributed by atoms with E-state index in [9.17, 15) is 28.1 Å². The second-order valence-corrected chi connectivity index (χ2v) is 10.2. The Labute approximate surface area is 194 Å². The third-order valence-corrected chi connectivity index (χ3v) is 7.76. The van der Waals surface area contributed by atoms with E-state index in [-0.39, 0.29) is 41.4 Å². The zero-order chi connectivity index (χ0) is 24.9. The lowest BCUT2D eigenvalue weighted by atomic mass is 10.0. The van der Waals surface area contributed by atoms with Gasteiger partial charge >= 0.3 is 0 Å². The second-order valence-electron chi connectivity index (χ2n) is 8.23. The highest BCUT2D eigenvalue weighted by molar-refractivity contribution is 7.89. The van der Waals surface area contributed by atoms with Crippen molar-refractivity contribution in [2.45, 2.75) is 45.6 Å². The van der Waals surface area contributed by atoms with Crippen LogP contribution in [0.15, 0.2) is 23.1 Å². The maximum absolute atomic E-state index is 12.9. The molecule has 0 saturated carbocycles. The minimum absolute atomic E-state index is 0.0826. The molecule has 0 aromatic heterocycles. The number of amides is 2. The molecule has 12 heteroatoms. The summed E-state index contributed by atoms with van der Waals surface area (Å²) < 4.78 is 26.8. The molecule has 2 amide bonds. The van der Waals surface area contributed by atoms with Gasteiger partial charge in [0.1, 0.15) is 11.7 Å².